The Morgan fingerprint density at radius 1 is 1.13 bits per heavy atom. The van der Waals surface area contributed by atoms with Crippen LogP contribution in [0, 0.1) is 18.6 Å². The first kappa shape index (κ1) is 22.4. The SMILES string of the molecule is COP(OC)c1sc(N(C)C(=O)Cc2ccc(-c3cc(F)ccc3F)cc2)nc1C. The van der Waals surface area contributed by atoms with Gasteiger partial charge in [0.2, 0.25) is 14.3 Å². The number of aryl methyl sites for hydroxylation is 1. The van der Waals surface area contributed by atoms with Crippen molar-refractivity contribution in [3.63, 3.8) is 0 Å². The number of anilines is 1. The number of amides is 1. The van der Waals surface area contributed by atoms with Gasteiger partial charge in [0, 0.05) is 26.8 Å². The fourth-order valence-electron chi connectivity index (χ4n) is 2.85. The summed E-state index contributed by atoms with van der Waals surface area (Å²) in [6, 6.07) is 10.2. The number of benzene rings is 2. The molecular weight excluding hydrogens is 429 g/mol. The zero-order valence-corrected chi connectivity index (χ0v) is 18.7. The molecule has 0 bridgehead atoms. The topological polar surface area (TPSA) is 51.7 Å². The molecule has 0 saturated carbocycles. The maximum Gasteiger partial charge on any atom is 0.232 e. The molecule has 0 atom stereocenters. The molecule has 30 heavy (non-hydrogen) atoms. The fourth-order valence-corrected chi connectivity index (χ4v) is 5.42. The van der Waals surface area contributed by atoms with Crippen LogP contribution in [0.15, 0.2) is 42.5 Å². The monoisotopic (exact) mass is 450 g/mol. The highest BCUT2D eigenvalue weighted by atomic mass is 32.1. The molecular formula is C21H21F2N2O3PS. The number of aromatic nitrogens is 1. The zero-order valence-electron chi connectivity index (χ0n) is 17.0. The van der Waals surface area contributed by atoms with E-state index in [-0.39, 0.29) is 17.9 Å². The van der Waals surface area contributed by atoms with Crippen LogP contribution in [0.5, 0.6) is 0 Å². The molecule has 1 heterocycles. The Kier molecular flexibility index (Phi) is 7.26. The fraction of sp³-hybridized carbons (Fsp3) is 0.238. The highest BCUT2D eigenvalue weighted by Gasteiger charge is 2.22. The maximum atomic E-state index is 14.0. The summed E-state index contributed by atoms with van der Waals surface area (Å²) in [5.74, 6) is -1.14. The normalized spacial score (nSPS) is 11.2. The largest absolute Gasteiger partial charge is 0.333 e. The van der Waals surface area contributed by atoms with Crippen molar-refractivity contribution in [1.29, 1.82) is 0 Å². The number of thiazole rings is 1. The molecule has 0 N–H and O–H groups in total. The van der Waals surface area contributed by atoms with Gasteiger partial charge in [-0.1, -0.05) is 35.6 Å². The highest BCUT2D eigenvalue weighted by Crippen LogP contribution is 2.40. The van der Waals surface area contributed by atoms with Gasteiger partial charge in [-0.15, -0.1) is 0 Å². The van der Waals surface area contributed by atoms with Gasteiger partial charge in [0.15, 0.2) is 5.13 Å². The summed E-state index contributed by atoms with van der Waals surface area (Å²) >= 11 is 1.36. The van der Waals surface area contributed by atoms with Crippen LogP contribution in [0.25, 0.3) is 11.1 Å². The van der Waals surface area contributed by atoms with Crippen molar-refractivity contribution in [1.82, 2.24) is 4.98 Å². The second kappa shape index (κ2) is 9.71. The Labute approximate surface area is 179 Å². The molecule has 3 aromatic rings. The molecule has 0 radical (unpaired) electrons. The van der Waals surface area contributed by atoms with Gasteiger partial charge < -0.3 is 9.05 Å². The first-order valence-corrected chi connectivity index (χ1v) is 11.0. The average molecular weight is 450 g/mol. The molecule has 1 aromatic heterocycles. The third kappa shape index (κ3) is 4.90. The summed E-state index contributed by atoms with van der Waals surface area (Å²) in [5, 5.41) is 0.563. The van der Waals surface area contributed by atoms with Crippen LogP contribution in [0.2, 0.25) is 0 Å². The van der Waals surface area contributed by atoms with Crippen molar-refractivity contribution >= 4 is 35.4 Å². The quantitative estimate of drug-likeness (QED) is 0.484. The van der Waals surface area contributed by atoms with Gasteiger partial charge in [-0.05, 0) is 36.2 Å². The third-order valence-electron chi connectivity index (χ3n) is 4.47. The van der Waals surface area contributed by atoms with E-state index >= 15 is 0 Å². The number of hydrogen-bond acceptors (Lipinski definition) is 5. The van der Waals surface area contributed by atoms with Crippen LogP contribution in [-0.2, 0) is 20.3 Å². The van der Waals surface area contributed by atoms with Crippen LogP contribution >= 0.6 is 19.7 Å². The molecule has 3 rings (SSSR count). The van der Waals surface area contributed by atoms with Gasteiger partial charge in [-0.2, -0.15) is 0 Å². The van der Waals surface area contributed by atoms with Gasteiger partial charge in [-0.3, -0.25) is 9.69 Å². The molecule has 1 amide bonds. The first-order valence-electron chi connectivity index (χ1n) is 9.00. The molecule has 0 aliphatic carbocycles. The molecule has 9 heteroatoms. The highest BCUT2D eigenvalue weighted by molar-refractivity contribution is 7.64. The van der Waals surface area contributed by atoms with Crippen molar-refractivity contribution in [2.24, 2.45) is 0 Å². The number of halogens is 2. The molecule has 0 spiro atoms. The minimum Gasteiger partial charge on any atom is -0.333 e. The second-order valence-electron chi connectivity index (χ2n) is 6.46. The zero-order chi connectivity index (χ0) is 21.8. The van der Waals surface area contributed by atoms with E-state index in [9.17, 15) is 13.6 Å². The van der Waals surface area contributed by atoms with E-state index in [2.05, 4.69) is 4.98 Å². The molecule has 5 nitrogen and oxygen atoms in total. The summed E-state index contributed by atoms with van der Waals surface area (Å²) in [7, 11) is 3.60. The number of nitrogens with zero attached hydrogens (tertiary/aromatic N) is 2. The van der Waals surface area contributed by atoms with Crippen LogP contribution < -0.4 is 9.52 Å². The summed E-state index contributed by atoms with van der Waals surface area (Å²) in [6.07, 6.45) is 0.152. The molecule has 0 fully saturated rings. The first-order chi connectivity index (χ1) is 14.3. The van der Waals surface area contributed by atoms with Crippen LogP contribution in [0.3, 0.4) is 0 Å². The minimum absolute atomic E-state index is 0.140. The van der Waals surface area contributed by atoms with Crippen LogP contribution in [0.1, 0.15) is 11.3 Å². The molecule has 0 aliphatic heterocycles. The van der Waals surface area contributed by atoms with Gasteiger partial charge in [0.25, 0.3) is 0 Å². The predicted molar refractivity (Wildman–Crippen MR) is 116 cm³/mol. The number of carbonyl (C=O) groups excluding carboxylic acids is 1. The molecule has 2 aromatic carbocycles. The van der Waals surface area contributed by atoms with Crippen molar-refractivity contribution in [2.45, 2.75) is 13.3 Å². The lowest BCUT2D eigenvalue weighted by molar-refractivity contribution is -0.117. The molecule has 0 saturated heterocycles. The third-order valence-corrected chi connectivity index (χ3v) is 7.54. The number of likely N-dealkylation sites (N-methyl/N-ethyl adjacent to an activating group) is 1. The standard InChI is InChI=1S/C21H21F2N2O3PS/c1-13-20(29(27-3)28-4)30-21(24-13)25(2)19(26)11-14-5-7-15(8-6-14)17-12-16(22)9-10-18(17)23/h5-10,12H,11H2,1-4H3. The Morgan fingerprint density at radius 3 is 2.43 bits per heavy atom. The maximum absolute atomic E-state index is 14.0. The van der Waals surface area contributed by atoms with Crippen LogP contribution in [0.4, 0.5) is 13.9 Å². The van der Waals surface area contributed by atoms with E-state index < -0.39 is 20.0 Å². The Balaban J connectivity index is 1.73. The lowest BCUT2D eigenvalue weighted by atomic mass is 10.0. The number of rotatable bonds is 7. The van der Waals surface area contributed by atoms with Gasteiger partial charge in [-0.25, -0.2) is 13.8 Å². The molecule has 0 unspecified atom stereocenters. The van der Waals surface area contributed by atoms with E-state index in [4.69, 9.17) is 9.05 Å². The summed E-state index contributed by atoms with van der Waals surface area (Å²) in [6.45, 7) is 1.85. The van der Waals surface area contributed by atoms with Gasteiger partial charge >= 0.3 is 0 Å². The van der Waals surface area contributed by atoms with Gasteiger partial charge in [0.1, 0.15) is 16.3 Å². The van der Waals surface area contributed by atoms with E-state index in [1.165, 1.54) is 16.2 Å². The Bertz CT molecular complexity index is 1040. The predicted octanol–water partition coefficient (Wildman–Crippen LogP) is 4.83. The molecule has 158 valence electrons. The van der Waals surface area contributed by atoms with Crippen molar-refractivity contribution in [3.8, 4) is 11.1 Å². The Hall–Kier alpha value is -2.25. The minimum atomic E-state index is -1.21. The van der Waals surface area contributed by atoms with Gasteiger partial charge in [0.05, 0.1) is 12.1 Å². The second-order valence-corrected chi connectivity index (χ2v) is 9.43. The van der Waals surface area contributed by atoms with Crippen molar-refractivity contribution < 1.29 is 22.6 Å². The Morgan fingerprint density at radius 2 is 1.80 bits per heavy atom. The van der Waals surface area contributed by atoms with Crippen LogP contribution in [-0.4, -0.2) is 32.2 Å². The number of hydrogen-bond donors (Lipinski definition) is 0. The van der Waals surface area contributed by atoms with E-state index in [0.717, 1.165) is 34.1 Å². The van der Waals surface area contributed by atoms with E-state index in [0.29, 0.717) is 10.7 Å². The van der Waals surface area contributed by atoms with Crippen molar-refractivity contribution in [2.75, 3.05) is 26.2 Å². The summed E-state index contributed by atoms with van der Waals surface area (Å²) in [5.41, 5.74) is 2.26. The summed E-state index contributed by atoms with van der Waals surface area (Å²) < 4.78 is 38.9. The number of carbonyl (C=O) groups is 1. The van der Waals surface area contributed by atoms with E-state index in [1.807, 2.05) is 6.92 Å². The smallest absolute Gasteiger partial charge is 0.232 e. The lowest BCUT2D eigenvalue weighted by Gasteiger charge is -2.14. The average Bonchev–Trinajstić information content (AvgIpc) is 3.12. The summed E-state index contributed by atoms with van der Waals surface area (Å²) in [4.78, 5) is 18.7. The van der Waals surface area contributed by atoms with E-state index in [1.54, 1.807) is 45.5 Å². The molecule has 0 aliphatic rings. The lowest BCUT2D eigenvalue weighted by Crippen LogP contribution is -2.27. The van der Waals surface area contributed by atoms with Crippen molar-refractivity contribution in [3.05, 3.63) is 65.4 Å².